The largest absolute Gasteiger partial charge is 0.336 e. The van der Waals surface area contributed by atoms with Gasteiger partial charge in [-0.1, -0.05) is 5.57 Å². The maximum atomic E-state index is 11.8. The third-order valence-corrected chi connectivity index (χ3v) is 3.41. The molecule has 3 aliphatic rings. The van der Waals surface area contributed by atoms with E-state index in [2.05, 4.69) is 4.90 Å². The topological polar surface area (TPSA) is 20.3 Å². The van der Waals surface area contributed by atoms with Crippen molar-refractivity contribution < 1.29 is 4.79 Å². The fourth-order valence-corrected chi connectivity index (χ4v) is 2.67. The number of hydrogen-bond donors (Lipinski definition) is 0. The number of fused-ring (bicyclic) bond motifs is 3. The van der Waals surface area contributed by atoms with Gasteiger partial charge in [0.05, 0.1) is 0 Å². The number of piperidine rings is 2. The summed E-state index contributed by atoms with van der Waals surface area (Å²) in [6.45, 7) is 4.98. The second-order valence-corrected chi connectivity index (χ2v) is 4.89. The molecule has 2 heteroatoms. The normalized spacial score (nSPS) is 30.3. The fourth-order valence-electron chi connectivity index (χ4n) is 2.67. The first-order valence-corrected chi connectivity index (χ1v) is 5.62. The molecule has 1 saturated carbocycles. The quantitative estimate of drug-likeness (QED) is 0.585. The SMILES string of the molecule is CC(C)=CC(=O)N1CC2CCC1CC2. The van der Waals surface area contributed by atoms with Crippen LogP contribution in [0.15, 0.2) is 11.6 Å². The van der Waals surface area contributed by atoms with Crippen LogP contribution in [0.25, 0.3) is 0 Å². The highest BCUT2D eigenvalue weighted by molar-refractivity contribution is 5.88. The molecule has 2 saturated heterocycles. The molecule has 2 heterocycles. The molecular weight excluding hydrogens is 174 g/mol. The summed E-state index contributed by atoms with van der Waals surface area (Å²) >= 11 is 0. The lowest BCUT2D eigenvalue weighted by atomic mass is 9.80. The average molecular weight is 193 g/mol. The van der Waals surface area contributed by atoms with E-state index in [-0.39, 0.29) is 5.91 Å². The highest BCUT2D eigenvalue weighted by atomic mass is 16.2. The maximum absolute atomic E-state index is 11.8. The van der Waals surface area contributed by atoms with Crippen LogP contribution in [0, 0.1) is 5.92 Å². The molecule has 0 radical (unpaired) electrons. The summed E-state index contributed by atoms with van der Waals surface area (Å²) in [5.74, 6) is 1.02. The molecule has 2 bridgehead atoms. The predicted octanol–water partition coefficient (Wildman–Crippen LogP) is 2.35. The van der Waals surface area contributed by atoms with Crippen molar-refractivity contribution in [1.82, 2.24) is 4.90 Å². The summed E-state index contributed by atoms with van der Waals surface area (Å²) in [5, 5.41) is 0. The van der Waals surface area contributed by atoms with Gasteiger partial charge in [-0.15, -0.1) is 0 Å². The minimum absolute atomic E-state index is 0.236. The zero-order valence-electron chi connectivity index (χ0n) is 9.12. The molecule has 0 N–H and O–H groups in total. The molecule has 78 valence electrons. The molecule has 0 spiro atoms. The highest BCUT2D eigenvalue weighted by Crippen LogP contribution is 2.34. The van der Waals surface area contributed by atoms with Crippen LogP contribution < -0.4 is 0 Å². The number of amides is 1. The van der Waals surface area contributed by atoms with Gasteiger partial charge < -0.3 is 4.90 Å². The van der Waals surface area contributed by atoms with Crippen molar-refractivity contribution >= 4 is 5.91 Å². The number of carbonyl (C=O) groups is 1. The first-order chi connectivity index (χ1) is 6.66. The van der Waals surface area contributed by atoms with Crippen molar-refractivity contribution in [3.8, 4) is 0 Å². The van der Waals surface area contributed by atoms with E-state index in [4.69, 9.17) is 0 Å². The summed E-state index contributed by atoms with van der Waals surface area (Å²) in [6.07, 6.45) is 6.91. The third-order valence-electron chi connectivity index (χ3n) is 3.41. The standard InChI is InChI=1S/C12H19NO/c1-9(2)7-12(14)13-8-10-3-5-11(13)6-4-10/h7,10-11H,3-6,8H2,1-2H3. The van der Waals surface area contributed by atoms with E-state index in [1.807, 2.05) is 13.8 Å². The van der Waals surface area contributed by atoms with Gasteiger partial charge in [0, 0.05) is 18.7 Å². The van der Waals surface area contributed by atoms with Crippen LogP contribution >= 0.6 is 0 Å². The fraction of sp³-hybridized carbons (Fsp3) is 0.750. The van der Waals surface area contributed by atoms with Crippen molar-refractivity contribution in [3.63, 3.8) is 0 Å². The van der Waals surface area contributed by atoms with E-state index in [1.165, 1.54) is 25.7 Å². The molecule has 3 fully saturated rings. The molecule has 1 amide bonds. The molecule has 0 aromatic carbocycles. The molecular formula is C12H19NO. The lowest BCUT2D eigenvalue weighted by Gasteiger charge is -2.45. The van der Waals surface area contributed by atoms with E-state index in [9.17, 15) is 4.79 Å². The zero-order valence-corrected chi connectivity index (χ0v) is 9.12. The zero-order chi connectivity index (χ0) is 10.1. The summed E-state index contributed by atoms with van der Waals surface area (Å²) in [4.78, 5) is 13.9. The Morgan fingerprint density at radius 2 is 1.86 bits per heavy atom. The monoisotopic (exact) mass is 193 g/mol. The molecule has 3 rings (SSSR count). The van der Waals surface area contributed by atoms with Gasteiger partial charge in [0.1, 0.15) is 0 Å². The third kappa shape index (κ3) is 1.84. The molecule has 0 aromatic rings. The van der Waals surface area contributed by atoms with E-state index < -0.39 is 0 Å². The Morgan fingerprint density at radius 1 is 1.21 bits per heavy atom. The average Bonchev–Trinajstić information content (AvgIpc) is 2.18. The van der Waals surface area contributed by atoms with Crippen molar-refractivity contribution in [2.75, 3.05) is 6.54 Å². The number of rotatable bonds is 1. The van der Waals surface area contributed by atoms with Crippen LogP contribution in [-0.2, 0) is 4.79 Å². The second-order valence-electron chi connectivity index (χ2n) is 4.89. The molecule has 0 unspecified atom stereocenters. The summed E-state index contributed by atoms with van der Waals surface area (Å²) in [6, 6.07) is 0.545. The van der Waals surface area contributed by atoms with Gasteiger partial charge >= 0.3 is 0 Å². The Morgan fingerprint density at radius 3 is 2.29 bits per heavy atom. The van der Waals surface area contributed by atoms with Gasteiger partial charge in [0.2, 0.25) is 5.91 Å². The van der Waals surface area contributed by atoms with Crippen LogP contribution in [0.1, 0.15) is 39.5 Å². The number of hydrogen-bond acceptors (Lipinski definition) is 1. The molecule has 1 aliphatic carbocycles. The van der Waals surface area contributed by atoms with Gasteiger partial charge in [0.25, 0.3) is 0 Å². The molecule has 14 heavy (non-hydrogen) atoms. The minimum Gasteiger partial charge on any atom is -0.336 e. The summed E-state index contributed by atoms with van der Waals surface area (Å²) in [7, 11) is 0. The van der Waals surface area contributed by atoms with Gasteiger partial charge in [-0.05, 0) is 45.4 Å². The Kier molecular flexibility index (Phi) is 2.62. The Bertz CT molecular complexity index is 257. The first-order valence-electron chi connectivity index (χ1n) is 5.62. The number of nitrogens with zero attached hydrogens (tertiary/aromatic N) is 1. The molecule has 2 aliphatic heterocycles. The van der Waals surface area contributed by atoms with E-state index in [0.29, 0.717) is 6.04 Å². The van der Waals surface area contributed by atoms with Crippen LogP contribution in [0.4, 0.5) is 0 Å². The van der Waals surface area contributed by atoms with Gasteiger partial charge in [0.15, 0.2) is 0 Å². The van der Waals surface area contributed by atoms with Crippen molar-refractivity contribution in [2.45, 2.75) is 45.6 Å². The summed E-state index contributed by atoms with van der Waals surface area (Å²) < 4.78 is 0. The smallest absolute Gasteiger partial charge is 0.246 e. The van der Waals surface area contributed by atoms with Gasteiger partial charge in [-0.25, -0.2) is 0 Å². The molecule has 2 nitrogen and oxygen atoms in total. The van der Waals surface area contributed by atoms with Crippen LogP contribution in [-0.4, -0.2) is 23.4 Å². The van der Waals surface area contributed by atoms with Crippen molar-refractivity contribution in [1.29, 1.82) is 0 Å². The Hall–Kier alpha value is -0.790. The second kappa shape index (κ2) is 3.76. The maximum Gasteiger partial charge on any atom is 0.246 e. The van der Waals surface area contributed by atoms with E-state index >= 15 is 0 Å². The lowest BCUT2D eigenvalue weighted by Crippen LogP contribution is -2.50. The lowest BCUT2D eigenvalue weighted by molar-refractivity contribution is -0.133. The Labute approximate surface area is 86.0 Å². The van der Waals surface area contributed by atoms with E-state index in [1.54, 1.807) is 6.08 Å². The van der Waals surface area contributed by atoms with Gasteiger partial charge in [-0.3, -0.25) is 4.79 Å². The van der Waals surface area contributed by atoms with Crippen LogP contribution in [0.5, 0.6) is 0 Å². The van der Waals surface area contributed by atoms with Gasteiger partial charge in [-0.2, -0.15) is 0 Å². The van der Waals surface area contributed by atoms with E-state index in [0.717, 1.165) is 18.0 Å². The van der Waals surface area contributed by atoms with Crippen LogP contribution in [0.2, 0.25) is 0 Å². The predicted molar refractivity (Wildman–Crippen MR) is 56.9 cm³/mol. The Balaban J connectivity index is 2.05. The highest BCUT2D eigenvalue weighted by Gasteiger charge is 2.35. The number of allylic oxidation sites excluding steroid dienone is 1. The molecule has 0 aromatic heterocycles. The minimum atomic E-state index is 0.236. The summed E-state index contributed by atoms with van der Waals surface area (Å²) in [5.41, 5.74) is 1.11. The van der Waals surface area contributed by atoms with Crippen molar-refractivity contribution in [3.05, 3.63) is 11.6 Å². The first kappa shape index (κ1) is 9.75. The van der Waals surface area contributed by atoms with Crippen LogP contribution in [0.3, 0.4) is 0 Å². The number of carbonyl (C=O) groups excluding carboxylic acids is 1. The van der Waals surface area contributed by atoms with Crippen molar-refractivity contribution in [2.24, 2.45) is 5.92 Å². The molecule has 0 atom stereocenters.